The monoisotopic (exact) mass is 245 g/mol. The molecule has 0 amide bonds. The third-order valence-corrected chi connectivity index (χ3v) is 3.04. The fourth-order valence-corrected chi connectivity index (χ4v) is 2.08. The Morgan fingerprint density at radius 1 is 1.53 bits per heavy atom. The number of methoxy groups -OCH3 is 1. The largest absolute Gasteiger partial charge is 0.497 e. The van der Waals surface area contributed by atoms with Crippen molar-refractivity contribution in [3.05, 3.63) is 36.7 Å². The minimum absolute atomic E-state index is 0.390. The highest BCUT2D eigenvalue weighted by atomic mass is 32.2. The van der Waals surface area contributed by atoms with E-state index in [1.54, 1.807) is 13.3 Å². The molecule has 4 nitrogen and oxygen atoms in total. The van der Waals surface area contributed by atoms with Crippen molar-refractivity contribution in [2.45, 2.75) is 5.16 Å². The lowest BCUT2D eigenvalue weighted by Crippen LogP contribution is -1.95. The van der Waals surface area contributed by atoms with E-state index in [0.717, 1.165) is 16.6 Å². The lowest BCUT2D eigenvalue weighted by atomic mass is 10.3. The molecule has 0 atom stereocenters. The summed E-state index contributed by atoms with van der Waals surface area (Å²) in [4.78, 5) is 4.22. The molecular formula is C12H11N3OS. The van der Waals surface area contributed by atoms with Gasteiger partial charge in [-0.15, -0.1) is 0 Å². The number of imidazole rings is 1. The minimum Gasteiger partial charge on any atom is -0.497 e. The van der Waals surface area contributed by atoms with Crippen LogP contribution in [0.5, 0.6) is 5.75 Å². The van der Waals surface area contributed by atoms with Crippen molar-refractivity contribution < 1.29 is 4.74 Å². The van der Waals surface area contributed by atoms with Crippen molar-refractivity contribution in [2.24, 2.45) is 0 Å². The van der Waals surface area contributed by atoms with Gasteiger partial charge in [-0.05, 0) is 12.1 Å². The second kappa shape index (κ2) is 5.41. The van der Waals surface area contributed by atoms with Crippen LogP contribution in [0.15, 0.2) is 41.8 Å². The smallest absolute Gasteiger partial charge is 0.173 e. The van der Waals surface area contributed by atoms with E-state index in [2.05, 4.69) is 11.1 Å². The molecule has 0 aliphatic rings. The van der Waals surface area contributed by atoms with Crippen LogP contribution in [0, 0.1) is 11.3 Å². The molecule has 1 aromatic carbocycles. The number of ether oxygens (including phenoxy) is 1. The first kappa shape index (κ1) is 11.6. The van der Waals surface area contributed by atoms with E-state index in [1.165, 1.54) is 11.8 Å². The average Bonchev–Trinajstić information content (AvgIpc) is 2.84. The summed E-state index contributed by atoms with van der Waals surface area (Å²) in [6, 6.07) is 9.81. The summed E-state index contributed by atoms with van der Waals surface area (Å²) in [6.45, 7) is 0. The van der Waals surface area contributed by atoms with Gasteiger partial charge in [-0.2, -0.15) is 5.26 Å². The molecular weight excluding hydrogens is 234 g/mol. The molecule has 0 aliphatic carbocycles. The zero-order valence-electron chi connectivity index (χ0n) is 9.33. The van der Waals surface area contributed by atoms with Crippen molar-refractivity contribution in [3.8, 4) is 17.5 Å². The van der Waals surface area contributed by atoms with Crippen molar-refractivity contribution >= 4 is 11.8 Å². The zero-order valence-corrected chi connectivity index (χ0v) is 10.1. The first-order chi connectivity index (χ1) is 8.35. The molecule has 1 aromatic heterocycles. The summed E-state index contributed by atoms with van der Waals surface area (Å²) in [7, 11) is 1.64. The lowest BCUT2D eigenvalue weighted by Gasteiger charge is -2.07. The highest BCUT2D eigenvalue weighted by Crippen LogP contribution is 2.22. The molecule has 2 rings (SSSR count). The highest BCUT2D eigenvalue weighted by molar-refractivity contribution is 7.99. The molecule has 0 unspecified atom stereocenters. The molecule has 5 heteroatoms. The Labute approximate surface area is 104 Å². The fourth-order valence-electron chi connectivity index (χ4n) is 1.45. The Morgan fingerprint density at radius 3 is 3.18 bits per heavy atom. The van der Waals surface area contributed by atoms with Crippen molar-refractivity contribution in [1.82, 2.24) is 9.55 Å². The van der Waals surface area contributed by atoms with Crippen molar-refractivity contribution in [2.75, 3.05) is 12.9 Å². The molecule has 0 bridgehead atoms. The molecule has 0 aliphatic heterocycles. The van der Waals surface area contributed by atoms with E-state index in [0.29, 0.717) is 5.75 Å². The van der Waals surface area contributed by atoms with Crippen LogP contribution in [0.25, 0.3) is 5.69 Å². The van der Waals surface area contributed by atoms with Gasteiger partial charge in [0, 0.05) is 18.5 Å². The van der Waals surface area contributed by atoms with E-state index in [1.807, 2.05) is 35.0 Å². The number of benzene rings is 1. The van der Waals surface area contributed by atoms with Gasteiger partial charge < -0.3 is 4.74 Å². The third-order valence-electron chi connectivity index (χ3n) is 2.20. The maximum Gasteiger partial charge on any atom is 0.173 e. The summed E-state index contributed by atoms with van der Waals surface area (Å²) in [5, 5.41) is 9.39. The van der Waals surface area contributed by atoms with Crippen LogP contribution in [0.2, 0.25) is 0 Å². The highest BCUT2D eigenvalue weighted by Gasteiger charge is 2.05. The SMILES string of the molecule is COc1cccc(-n2ccnc2SCC#N)c1. The van der Waals surface area contributed by atoms with Crippen LogP contribution in [0.4, 0.5) is 0 Å². The second-order valence-electron chi connectivity index (χ2n) is 3.23. The maximum atomic E-state index is 8.58. The number of hydrogen-bond donors (Lipinski definition) is 0. The van der Waals surface area contributed by atoms with E-state index in [9.17, 15) is 0 Å². The Kier molecular flexibility index (Phi) is 3.68. The summed E-state index contributed by atoms with van der Waals surface area (Å²) >= 11 is 1.41. The van der Waals surface area contributed by atoms with Gasteiger partial charge in [0.1, 0.15) is 5.75 Å². The van der Waals surface area contributed by atoms with Gasteiger partial charge in [0.25, 0.3) is 0 Å². The minimum atomic E-state index is 0.390. The van der Waals surface area contributed by atoms with E-state index < -0.39 is 0 Å². The quantitative estimate of drug-likeness (QED) is 0.776. The molecule has 0 spiro atoms. The molecule has 0 N–H and O–H groups in total. The van der Waals surface area contributed by atoms with Crippen LogP contribution >= 0.6 is 11.8 Å². The Morgan fingerprint density at radius 2 is 2.41 bits per heavy atom. The number of nitriles is 1. The molecule has 0 saturated carbocycles. The Bertz CT molecular complexity index is 545. The van der Waals surface area contributed by atoms with Crippen LogP contribution in [-0.4, -0.2) is 22.4 Å². The van der Waals surface area contributed by atoms with Gasteiger partial charge in [0.2, 0.25) is 0 Å². The molecule has 86 valence electrons. The topological polar surface area (TPSA) is 50.8 Å². The van der Waals surface area contributed by atoms with Crippen molar-refractivity contribution in [3.63, 3.8) is 0 Å². The van der Waals surface area contributed by atoms with Crippen molar-refractivity contribution in [1.29, 1.82) is 5.26 Å². The first-order valence-corrected chi connectivity index (χ1v) is 6.01. The predicted octanol–water partition coefficient (Wildman–Crippen LogP) is 2.50. The number of aromatic nitrogens is 2. The van der Waals surface area contributed by atoms with Crippen LogP contribution in [0.3, 0.4) is 0 Å². The summed E-state index contributed by atoms with van der Waals surface area (Å²) in [6.07, 6.45) is 3.59. The van der Waals surface area contributed by atoms with Gasteiger partial charge in [-0.1, -0.05) is 17.8 Å². The number of rotatable bonds is 4. The molecule has 1 heterocycles. The Balaban J connectivity index is 2.32. The first-order valence-electron chi connectivity index (χ1n) is 5.02. The molecule has 0 saturated heterocycles. The van der Waals surface area contributed by atoms with Gasteiger partial charge in [0.05, 0.1) is 24.6 Å². The maximum absolute atomic E-state index is 8.58. The van der Waals surface area contributed by atoms with E-state index >= 15 is 0 Å². The van der Waals surface area contributed by atoms with Gasteiger partial charge in [0.15, 0.2) is 5.16 Å². The second-order valence-corrected chi connectivity index (χ2v) is 4.17. The summed E-state index contributed by atoms with van der Waals surface area (Å²) in [5.41, 5.74) is 0.974. The van der Waals surface area contributed by atoms with Gasteiger partial charge >= 0.3 is 0 Å². The summed E-state index contributed by atoms with van der Waals surface area (Å²) in [5.74, 6) is 1.19. The molecule has 2 aromatic rings. The molecule has 17 heavy (non-hydrogen) atoms. The normalized spacial score (nSPS) is 9.88. The fraction of sp³-hybridized carbons (Fsp3) is 0.167. The van der Waals surface area contributed by atoms with Gasteiger partial charge in [-0.3, -0.25) is 4.57 Å². The van der Waals surface area contributed by atoms with Crippen LogP contribution in [-0.2, 0) is 0 Å². The van der Waals surface area contributed by atoms with E-state index in [-0.39, 0.29) is 0 Å². The Hall–Kier alpha value is -1.93. The zero-order chi connectivity index (χ0) is 12.1. The third kappa shape index (κ3) is 2.60. The van der Waals surface area contributed by atoms with Crippen LogP contribution in [0.1, 0.15) is 0 Å². The van der Waals surface area contributed by atoms with Gasteiger partial charge in [-0.25, -0.2) is 4.98 Å². The summed E-state index contributed by atoms with van der Waals surface area (Å²) < 4.78 is 7.12. The average molecular weight is 245 g/mol. The number of nitrogens with zero attached hydrogens (tertiary/aromatic N) is 3. The lowest BCUT2D eigenvalue weighted by molar-refractivity contribution is 0.414. The predicted molar refractivity (Wildman–Crippen MR) is 66.5 cm³/mol. The van der Waals surface area contributed by atoms with Crippen LogP contribution < -0.4 is 4.74 Å². The molecule has 0 fully saturated rings. The number of thioether (sulfide) groups is 1. The standard InChI is InChI=1S/C12H11N3OS/c1-16-11-4-2-3-10(9-11)15-7-6-14-12(15)17-8-5-13/h2-4,6-7,9H,8H2,1H3. The van der Waals surface area contributed by atoms with E-state index in [4.69, 9.17) is 10.00 Å². The number of hydrogen-bond acceptors (Lipinski definition) is 4. The molecule has 0 radical (unpaired) electrons.